The molecule has 0 atom stereocenters. The van der Waals surface area contributed by atoms with E-state index in [1.54, 1.807) is 0 Å². The Kier molecular flexibility index (Phi) is 3.33. The maximum Gasteiger partial charge on any atom is 0.0253 e. The van der Waals surface area contributed by atoms with E-state index in [1.807, 2.05) is 0 Å². The van der Waals surface area contributed by atoms with Crippen LogP contribution in [0.25, 0.3) is 16.7 Å². The van der Waals surface area contributed by atoms with Crippen molar-refractivity contribution in [2.24, 2.45) is 0 Å². The lowest BCUT2D eigenvalue weighted by Gasteiger charge is -2.17. The van der Waals surface area contributed by atoms with Crippen molar-refractivity contribution in [1.82, 2.24) is 0 Å². The molecule has 0 aromatic heterocycles. The van der Waals surface area contributed by atoms with Crippen molar-refractivity contribution in [3.05, 3.63) is 62.6 Å². The summed E-state index contributed by atoms with van der Waals surface area (Å²) in [5.74, 6) is 0. The fourth-order valence-electron chi connectivity index (χ4n) is 3.45. The standard InChI is InChI=1S/C19H19Br/c1-11-9-13(3)18(14(4)10-11)15-7-8-17(20)19-12(2)5-6-16(15)19/h5,7-10H,6H2,1-4H3. The molecule has 0 N–H and O–H groups in total. The summed E-state index contributed by atoms with van der Waals surface area (Å²) in [6.07, 6.45) is 3.38. The van der Waals surface area contributed by atoms with E-state index in [0.717, 1.165) is 6.42 Å². The summed E-state index contributed by atoms with van der Waals surface area (Å²) >= 11 is 3.70. The maximum atomic E-state index is 3.70. The first-order valence-corrected chi connectivity index (χ1v) is 7.85. The number of hydrogen-bond donors (Lipinski definition) is 0. The van der Waals surface area contributed by atoms with Gasteiger partial charge in [-0.15, -0.1) is 0 Å². The van der Waals surface area contributed by atoms with Gasteiger partial charge in [-0.3, -0.25) is 0 Å². The summed E-state index contributed by atoms with van der Waals surface area (Å²) in [4.78, 5) is 0. The lowest BCUT2D eigenvalue weighted by molar-refractivity contribution is 1.27. The molecule has 0 amide bonds. The maximum absolute atomic E-state index is 3.70. The van der Waals surface area contributed by atoms with Gasteiger partial charge in [0.2, 0.25) is 0 Å². The molecular weight excluding hydrogens is 308 g/mol. The monoisotopic (exact) mass is 326 g/mol. The lowest BCUT2D eigenvalue weighted by atomic mass is 9.89. The molecule has 0 fully saturated rings. The van der Waals surface area contributed by atoms with E-state index in [0.29, 0.717) is 0 Å². The molecular formula is C19H19Br. The van der Waals surface area contributed by atoms with Crippen molar-refractivity contribution in [1.29, 1.82) is 0 Å². The van der Waals surface area contributed by atoms with Crippen LogP contribution in [0.2, 0.25) is 0 Å². The molecule has 102 valence electrons. The first-order valence-electron chi connectivity index (χ1n) is 7.05. The highest BCUT2D eigenvalue weighted by Crippen LogP contribution is 2.41. The fraction of sp³-hybridized carbons (Fsp3) is 0.263. The molecule has 0 radical (unpaired) electrons. The van der Waals surface area contributed by atoms with Crippen LogP contribution in [0.4, 0.5) is 0 Å². The van der Waals surface area contributed by atoms with Gasteiger partial charge in [-0.05, 0) is 79.1 Å². The van der Waals surface area contributed by atoms with Crippen LogP contribution >= 0.6 is 15.9 Å². The predicted octanol–water partition coefficient (Wildman–Crippen LogP) is 6.00. The van der Waals surface area contributed by atoms with Crippen LogP contribution in [0.15, 0.2) is 34.8 Å². The Balaban J connectivity index is 2.29. The van der Waals surface area contributed by atoms with E-state index in [1.165, 1.54) is 49.0 Å². The third-order valence-corrected chi connectivity index (χ3v) is 4.88. The van der Waals surface area contributed by atoms with E-state index in [2.05, 4.69) is 74.0 Å². The van der Waals surface area contributed by atoms with Crippen molar-refractivity contribution < 1.29 is 0 Å². The summed E-state index contributed by atoms with van der Waals surface area (Å²) in [6, 6.07) is 9.02. The fourth-order valence-corrected chi connectivity index (χ4v) is 4.14. The van der Waals surface area contributed by atoms with Crippen LogP contribution in [0.1, 0.15) is 34.7 Å². The molecule has 2 aromatic rings. The van der Waals surface area contributed by atoms with Gasteiger partial charge in [0.1, 0.15) is 0 Å². The van der Waals surface area contributed by atoms with Gasteiger partial charge in [-0.2, -0.15) is 0 Å². The predicted molar refractivity (Wildman–Crippen MR) is 91.1 cm³/mol. The minimum Gasteiger partial charge on any atom is -0.0765 e. The molecule has 0 heterocycles. The third-order valence-electron chi connectivity index (χ3n) is 4.22. The van der Waals surface area contributed by atoms with E-state index in [4.69, 9.17) is 0 Å². The van der Waals surface area contributed by atoms with Gasteiger partial charge < -0.3 is 0 Å². The topological polar surface area (TPSA) is 0 Å². The van der Waals surface area contributed by atoms with Gasteiger partial charge >= 0.3 is 0 Å². The highest BCUT2D eigenvalue weighted by atomic mass is 79.9. The Labute approximate surface area is 129 Å². The highest BCUT2D eigenvalue weighted by molar-refractivity contribution is 9.10. The van der Waals surface area contributed by atoms with Crippen molar-refractivity contribution in [2.75, 3.05) is 0 Å². The number of benzene rings is 2. The third kappa shape index (κ3) is 2.05. The Bertz CT molecular complexity index is 713. The second-order valence-corrected chi connectivity index (χ2v) is 6.67. The van der Waals surface area contributed by atoms with Crippen molar-refractivity contribution >= 4 is 21.5 Å². The number of hydrogen-bond acceptors (Lipinski definition) is 0. The summed E-state index contributed by atoms with van der Waals surface area (Å²) in [6.45, 7) is 8.81. The smallest absolute Gasteiger partial charge is 0.0253 e. The largest absolute Gasteiger partial charge is 0.0765 e. The first-order chi connectivity index (χ1) is 9.49. The van der Waals surface area contributed by atoms with Gasteiger partial charge in [-0.1, -0.05) is 45.8 Å². The Hall–Kier alpha value is -1.34. The minimum absolute atomic E-state index is 1.04. The van der Waals surface area contributed by atoms with E-state index in [9.17, 15) is 0 Å². The van der Waals surface area contributed by atoms with Gasteiger partial charge in [0, 0.05) is 4.47 Å². The number of rotatable bonds is 1. The zero-order valence-electron chi connectivity index (χ0n) is 12.5. The molecule has 1 aliphatic rings. The van der Waals surface area contributed by atoms with Crippen molar-refractivity contribution in [3.8, 4) is 11.1 Å². The molecule has 2 aromatic carbocycles. The molecule has 0 saturated carbocycles. The molecule has 0 saturated heterocycles. The molecule has 0 nitrogen and oxygen atoms in total. The normalized spacial score (nSPS) is 13.3. The van der Waals surface area contributed by atoms with Crippen LogP contribution in [0.5, 0.6) is 0 Å². The molecule has 1 aliphatic carbocycles. The molecule has 20 heavy (non-hydrogen) atoms. The van der Waals surface area contributed by atoms with Crippen LogP contribution in [-0.2, 0) is 6.42 Å². The van der Waals surface area contributed by atoms with Crippen LogP contribution in [0.3, 0.4) is 0 Å². The Morgan fingerprint density at radius 3 is 2.20 bits per heavy atom. The average molecular weight is 327 g/mol. The number of aryl methyl sites for hydroxylation is 3. The quantitative estimate of drug-likeness (QED) is 0.602. The van der Waals surface area contributed by atoms with E-state index in [-0.39, 0.29) is 0 Å². The first kappa shape index (κ1) is 13.6. The SMILES string of the molecule is CC1=CCc2c(-c3c(C)cc(C)cc3C)ccc(Br)c21. The second kappa shape index (κ2) is 4.89. The molecule has 1 heteroatoms. The molecule has 0 aliphatic heterocycles. The highest BCUT2D eigenvalue weighted by Gasteiger charge is 2.20. The zero-order chi connectivity index (χ0) is 14.4. The summed E-state index contributed by atoms with van der Waals surface area (Å²) < 4.78 is 1.21. The number of allylic oxidation sites excluding steroid dienone is 2. The van der Waals surface area contributed by atoms with Crippen molar-refractivity contribution in [3.63, 3.8) is 0 Å². The lowest BCUT2D eigenvalue weighted by Crippen LogP contribution is -1.96. The molecule has 3 rings (SSSR count). The summed E-state index contributed by atoms with van der Waals surface area (Å²) in [5.41, 5.74) is 11.1. The zero-order valence-corrected chi connectivity index (χ0v) is 14.1. The van der Waals surface area contributed by atoms with E-state index < -0.39 is 0 Å². The minimum atomic E-state index is 1.04. The van der Waals surface area contributed by atoms with Gasteiger partial charge in [0.15, 0.2) is 0 Å². The Morgan fingerprint density at radius 2 is 1.55 bits per heavy atom. The van der Waals surface area contributed by atoms with Crippen LogP contribution < -0.4 is 0 Å². The molecule has 0 spiro atoms. The van der Waals surface area contributed by atoms with E-state index >= 15 is 0 Å². The van der Waals surface area contributed by atoms with Gasteiger partial charge in [-0.25, -0.2) is 0 Å². The molecule has 0 unspecified atom stereocenters. The number of fused-ring (bicyclic) bond motifs is 1. The van der Waals surface area contributed by atoms with Crippen LogP contribution in [0, 0.1) is 20.8 Å². The van der Waals surface area contributed by atoms with Gasteiger partial charge in [0.25, 0.3) is 0 Å². The summed E-state index contributed by atoms with van der Waals surface area (Å²) in [7, 11) is 0. The molecule has 0 bridgehead atoms. The van der Waals surface area contributed by atoms with Crippen LogP contribution in [-0.4, -0.2) is 0 Å². The summed E-state index contributed by atoms with van der Waals surface area (Å²) in [5, 5.41) is 0. The van der Waals surface area contributed by atoms with Gasteiger partial charge in [0.05, 0.1) is 0 Å². The number of halogens is 1. The Morgan fingerprint density at radius 1 is 0.900 bits per heavy atom. The average Bonchev–Trinajstić information content (AvgIpc) is 2.74. The second-order valence-electron chi connectivity index (χ2n) is 5.81. The van der Waals surface area contributed by atoms with Crippen molar-refractivity contribution in [2.45, 2.75) is 34.1 Å².